The van der Waals surface area contributed by atoms with E-state index in [4.69, 9.17) is 23.7 Å². The molecule has 1 aromatic rings. The van der Waals surface area contributed by atoms with Crippen molar-refractivity contribution in [2.45, 2.75) is 58.1 Å². The van der Waals surface area contributed by atoms with Crippen LogP contribution in [0.3, 0.4) is 0 Å². The molecule has 14 nitrogen and oxygen atoms in total. The van der Waals surface area contributed by atoms with Crippen molar-refractivity contribution in [2.24, 2.45) is 0 Å². The van der Waals surface area contributed by atoms with Crippen molar-refractivity contribution in [1.29, 1.82) is 0 Å². The van der Waals surface area contributed by atoms with E-state index in [1.54, 1.807) is 0 Å². The third-order valence-corrected chi connectivity index (χ3v) is 4.52. The summed E-state index contributed by atoms with van der Waals surface area (Å²) >= 11 is 0. The van der Waals surface area contributed by atoms with Gasteiger partial charge in [-0.15, -0.1) is 0 Å². The van der Waals surface area contributed by atoms with E-state index >= 15 is 0 Å². The Labute approximate surface area is 193 Å². The normalized spacial score (nSPS) is 24.2. The number of esters is 4. The van der Waals surface area contributed by atoms with E-state index in [2.05, 4.69) is 4.74 Å². The van der Waals surface area contributed by atoms with Crippen LogP contribution in [-0.2, 0) is 49.5 Å². The van der Waals surface area contributed by atoms with E-state index in [-0.39, 0.29) is 11.3 Å². The van der Waals surface area contributed by atoms with Crippen molar-refractivity contribution in [1.82, 2.24) is 0 Å². The highest BCUT2D eigenvalue weighted by atomic mass is 16.8. The summed E-state index contributed by atoms with van der Waals surface area (Å²) in [4.78, 5) is 47.7. The SMILES string of the molecule is COC(=O)[C@H]1O[C@@H](Oc2ccc(CO)cc2[NH+]([O-])[O-])[C@H](OC(C)=O)[C@@H](OC(C)=O)[C@@H]1OC(C)=O. The van der Waals surface area contributed by atoms with Gasteiger partial charge >= 0.3 is 23.9 Å². The maximum absolute atomic E-state index is 12.4. The Balaban J connectivity index is 2.57. The lowest BCUT2D eigenvalue weighted by molar-refractivity contribution is -0.715. The average Bonchev–Trinajstić information content (AvgIpc) is 2.76. The maximum Gasteiger partial charge on any atom is 0.339 e. The Morgan fingerprint density at radius 1 is 0.971 bits per heavy atom. The summed E-state index contributed by atoms with van der Waals surface area (Å²) in [7, 11) is 1.02. The summed E-state index contributed by atoms with van der Waals surface area (Å²) in [5.74, 6) is -4.02. The first-order valence-electron chi connectivity index (χ1n) is 9.85. The number of nitrogens with one attached hydrogen (secondary N) is 1. The first-order valence-corrected chi connectivity index (χ1v) is 9.85. The molecule has 1 aliphatic rings. The minimum absolute atomic E-state index is 0.229. The molecular weight excluding hydrogens is 462 g/mol. The van der Waals surface area contributed by atoms with Crippen LogP contribution in [0.4, 0.5) is 5.69 Å². The van der Waals surface area contributed by atoms with Gasteiger partial charge < -0.3 is 49.2 Å². The van der Waals surface area contributed by atoms with Crippen molar-refractivity contribution >= 4 is 29.6 Å². The smallest absolute Gasteiger partial charge is 0.339 e. The lowest BCUT2D eigenvalue weighted by atomic mass is 9.97. The first kappa shape index (κ1) is 26.9. The third-order valence-electron chi connectivity index (χ3n) is 4.52. The van der Waals surface area contributed by atoms with Gasteiger partial charge in [-0.2, -0.15) is 0 Å². The van der Waals surface area contributed by atoms with Crippen LogP contribution in [0.2, 0.25) is 0 Å². The predicted molar refractivity (Wildman–Crippen MR) is 108 cm³/mol. The van der Waals surface area contributed by atoms with Crippen LogP contribution < -0.4 is 9.96 Å². The lowest BCUT2D eigenvalue weighted by Crippen LogP contribution is -2.96. The van der Waals surface area contributed by atoms with Gasteiger partial charge in [0.05, 0.1) is 13.7 Å². The number of hydrogen-bond acceptors (Lipinski definition) is 13. The van der Waals surface area contributed by atoms with E-state index in [1.165, 1.54) is 12.1 Å². The molecule has 0 aromatic heterocycles. The Bertz CT molecular complexity index is 918. The van der Waals surface area contributed by atoms with E-state index in [0.717, 1.165) is 33.9 Å². The van der Waals surface area contributed by atoms with Crippen molar-refractivity contribution < 1.29 is 57.9 Å². The lowest BCUT2D eigenvalue weighted by Gasteiger charge is -2.43. The fourth-order valence-corrected chi connectivity index (χ4v) is 3.24. The fourth-order valence-electron chi connectivity index (χ4n) is 3.24. The first-order chi connectivity index (χ1) is 16.0. The summed E-state index contributed by atoms with van der Waals surface area (Å²) in [6.07, 6.45) is -8.26. The number of quaternary nitrogens is 1. The van der Waals surface area contributed by atoms with Gasteiger partial charge in [-0.05, 0) is 11.6 Å². The van der Waals surface area contributed by atoms with Crippen molar-refractivity contribution in [3.63, 3.8) is 0 Å². The molecule has 1 heterocycles. The molecule has 0 radical (unpaired) electrons. The monoisotopic (exact) mass is 486 g/mol. The standard InChI is InChI=1S/C20H24NO13/c1-9(23)30-15-16(31-10(2)24)18(32-11(3)25)20(34-17(15)19(26)29-4)33-14-6-5-12(8-22)7-13(14)21(27)28/h5-7,15-18,20-22H,8H2,1-4H3/q-1/t15-,16-,17-,18+,20+/m0/s1. The number of aliphatic hydroxyl groups is 1. The number of methoxy groups -OCH3 is 1. The molecule has 1 aromatic carbocycles. The molecule has 0 amide bonds. The Morgan fingerprint density at radius 2 is 1.53 bits per heavy atom. The molecule has 14 heteroatoms. The molecule has 34 heavy (non-hydrogen) atoms. The quantitative estimate of drug-likeness (QED) is 0.252. The summed E-state index contributed by atoms with van der Waals surface area (Å²) < 4.78 is 31.4. The van der Waals surface area contributed by atoms with E-state index in [1.807, 2.05) is 0 Å². The van der Waals surface area contributed by atoms with Gasteiger partial charge in [0.2, 0.25) is 12.4 Å². The largest absolute Gasteiger partial charge is 0.628 e. The molecule has 0 spiro atoms. The second-order valence-electron chi connectivity index (χ2n) is 7.06. The molecular formula is C20H24NO13-. The fraction of sp³-hybridized carbons (Fsp3) is 0.500. The zero-order chi connectivity index (χ0) is 25.6. The molecule has 0 aliphatic carbocycles. The molecule has 2 N–H and O–H groups in total. The highest BCUT2D eigenvalue weighted by Gasteiger charge is 2.56. The topological polar surface area (TPSA) is 194 Å². The van der Waals surface area contributed by atoms with Gasteiger partial charge in [0.25, 0.3) is 0 Å². The molecule has 0 saturated carbocycles. The van der Waals surface area contributed by atoms with Crippen LogP contribution >= 0.6 is 0 Å². The summed E-state index contributed by atoms with van der Waals surface area (Å²) in [5.41, 5.74) is -0.259. The van der Waals surface area contributed by atoms with E-state index in [0.29, 0.717) is 0 Å². The zero-order valence-electron chi connectivity index (χ0n) is 18.7. The molecule has 1 saturated heterocycles. The molecule has 1 aliphatic heterocycles. The number of ether oxygens (including phenoxy) is 6. The van der Waals surface area contributed by atoms with Gasteiger partial charge in [-0.3, -0.25) is 14.4 Å². The number of benzene rings is 1. The van der Waals surface area contributed by atoms with Crippen LogP contribution in [0.5, 0.6) is 5.75 Å². The van der Waals surface area contributed by atoms with Crippen LogP contribution in [-0.4, -0.2) is 66.8 Å². The van der Waals surface area contributed by atoms with Gasteiger partial charge in [0.15, 0.2) is 29.7 Å². The molecule has 0 bridgehead atoms. The second-order valence-corrected chi connectivity index (χ2v) is 7.06. The van der Waals surface area contributed by atoms with Crippen LogP contribution in [0.25, 0.3) is 0 Å². The number of aliphatic hydroxyl groups excluding tert-OH is 1. The van der Waals surface area contributed by atoms with Crippen molar-refractivity contribution in [3.05, 3.63) is 34.2 Å². The number of carbonyl (C=O) groups excluding carboxylic acids is 4. The molecule has 1 fully saturated rings. The number of hydrogen-bond donors (Lipinski definition) is 2. The van der Waals surface area contributed by atoms with Gasteiger partial charge in [-0.25, -0.2) is 4.79 Å². The van der Waals surface area contributed by atoms with Crippen molar-refractivity contribution in [2.75, 3.05) is 7.11 Å². The second kappa shape index (κ2) is 11.7. The van der Waals surface area contributed by atoms with Crippen LogP contribution in [0.15, 0.2) is 18.2 Å². The third kappa shape index (κ3) is 6.61. The number of rotatable bonds is 8. The van der Waals surface area contributed by atoms with E-state index in [9.17, 15) is 34.7 Å². The summed E-state index contributed by atoms with van der Waals surface area (Å²) in [5, 5.41) is 30.8. The predicted octanol–water partition coefficient (Wildman–Crippen LogP) is -1.24. The van der Waals surface area contributed by atoms with Gasteiger partial charge in [0, 0.05) is 26.8 Å². The molecule has 0 unspecified atom stereocenters. The highest BCUT2D eigenvalue weighted by Crippen LogP contribution is 2.33. The summed E-state index contributed by atoms with van der Waals surface area (Å²) in [6.45, 7) is 2.60. The molecule has 188 valence electrons. The zero-order valence-corrected chi connectivity index (χ0v) is 18.7. The van der Waals surface area contributed by atoms with Crippen molar-refractivity contribution in [3.8, 4) is 5.75 Å². The molecule has 2 rings (SSSR count). The maximum atomic E-state index is 12.4. The average molecular weight is 486 g/mol. The molecule has 5 atom stereocenters. The Hall–Kier alpha value is -3.30. The highest BCUT2D eigenvalue weighted by molar-refractivity contribution is 5.77. The van der Waals surface area contributed by atoms with Crippen LogP contribution in [0.1, 0.15) is 26.3 Å². The number of carbonyl (C=O) groups is 4. The minimum atomic E-state index is -1.73. The van der Waals surface area contributed by atoms with Gasteiger partial charge in [-0.1, -0.05) is 6.07 Å². The Morgan fingerprint density at radius 3 is 2.03 bits per heavy atom. The Kier molecular flexibility index (Phi) is 9.28. The van der Waals surface area contributed by atoms with E-state index < -0.39 is 72.1 Å². The summed E-state index contributed by atoms with van der Waals surface area (Å²) in [6, 6.07) is 3.60. The van der Waals surface area contributed by atoms with Crippen LogP contribution in [0, 0.1) is 10.4 Å². The van der Waals surface area contributed by atoms with Gasteiger partial charge in [0.1, 0.15) is 0 Å². The minimum Gasteiger partial charge on any atom is -0.628 e.